The quantitative estimate of drug-likeness (QED) is 0.404. The maximum Gasteiger partial charge on any atom is 0.261 e. The zero-order chi connectivity index (χ0) is 21.4. The van der Waals surface area contributed by atoms with E-state index in [1.165, 1.54) is 29.5 Å². The van der Waals surface area contributed by atoms with E-state index in [1.54, 1.807) is 24.3 Å². The van der Waals surface area contributed by atoms with Crippen LogP contribution in [0.1, 0.15) is 0 Å². The molecule has 4 aromatic rings. The first-order valence-corrected chi connectivity index (χ1v) is 12.4. The summed E-state index contributed by atoms with van der Waals surface area (Å²) in [6.07, 6.45) is 0. The number of nitrogens with one attached hydrogen (secondary N) is 2. The van der Waals surface area contributed by atoms with Gasteiger partial charge in [0.1, 0.15) is 0 Å². The monoisotopic (exact) mass is 460 g/mol. The van der Waals surface area contributed by atoms with Crippen LogP contribution in [0, 0.1) is 0 Å². The predicted molar refractivity (Wildman–Crippen MR) is 118 cm³/mol. The Labute approximate surface area is 177 Å². The summed E-state index contributed by atoms with van der Waals surface area (Å²) >= 11 is 1.48. The van der Waals surface area contributed by atoms with Crippen LogP contribution in [0.5, 0.6) is 0 Å². The number of aromatic nitrogens is 1. The van der Waals surface area contributed by atoms with Crippen molar-refractivity contribution in [1.29, 1.82) is 0 Å². The maximum atomic E-state index is 12.7. The van der Waals surface area contributed by atoms with Crippen LogP contribution in [-0.4, -0.2) is 21.8 Å². The van der Waals surface area contributed by atoms with Gasteiger partial charge in [-0.3, -0.25) is 4.72 Å². The topological polar surface area (TPSA) is 131 Å². The molecule has 154 valence electrons. The van der Waals surface area contributed by atoms with Crippen molar-refractivity contribution in [3.8, 4) is 0 Å². The van der Waals surface area contributed by atoms with Gasteiger partial charge in [0.2, 0.25) is 10.0 Å². The van der Waals surface area contributed by atoms with Crippen molar-refractivity contribution in [3.63, 3.8) is 0 Å². The van der Waals surface area contributed by atoms with Crippen LogP contribution < -0.4 is 15.2 Å². The molecule has 0 unspecified atom stereocenters. The fraction of sp³-hybridized carbons (Fsp3) is 0. The molecule has 30 heavy (non-hydrogen) atoms. The minimum atomic E-state index is -4.02. The fourth-order valence-corrected chi connectivity index (χ4v) is 5.36. The molecule has 4 rings (SSSR count). The number of para-hydroxylation sites is 1. The zero-order valence-corrected chi connectivity index (χ0v) is 17.8. The van der Waals surface area contributed by atoms with E-state index in [0.29, 0.717) is 16.5 Å². The van der Waals surface area contributed by atoms with E-state index in [4.69, 9.17) is 5.14 Å². The molecule has 0 atom stereocenters. The highest BCUT2D eigenvalue weighted by atomic mass is 32.2. The van der Waals surface area contributed by atoms with Gasteiger partial charge in [-0.2, -0.15) is 0 Å². The standard InChI is InChI=1S/C19H16N4O4S3/c20-29(24,25)15-7-4-8-16(12-15)30(26,27)23-14-6-3-5-13(11-14)21-19-22-17-9-1-2-10-18(17)28-19/h1-12,23H,(H,21,22)(H2,20,24,25). The Balaban J connectivity index is 1.58. The van der Waals surface area contributed by atoms with Crippen LogP contribution in [0.25, 0.3) is 10.2 Å². The number of hydrogen-bond donors (Lipinski definition) is 3. The summed E-state index contributed by atoms with van der Waals surface area (Å²) in [7, 11) is -8.04. The van der Waals surface area contributed by atoms with Gasteiger partial charge in [-0.05, 0) is 48.5 Å². The summed E-state index contributed by atoms with van der Waals surface area (Å²) in [5, 5.41) is 8.93. The average Bonchev–Trinajstić information content (AvgIpc) is 3.09. The van der Waals surface area contributed by atoms with Crippen molar-refractivity contribution in [2.24, 2.45) is 5.14 Å². The molecule has 0 aliphatic rings. The van der Waals surface area contributed by atoms with E-state index in [-0.39, 0.29) is 9.79 Å². The smallest absolute Gasteiger partial charge is 0.261 e. The minimum Gasteiger partial charge on any atom is -0.331 e. The normalized spacial score (nSPS) is 12.0. The van der Waals surface area contributed by atoms with E-state index in [2.05, 4.69) is 15.0 Å². The molecule has 0 fully saturated rings. The Morgan fingerprint density at radius 1 is 0.800 bits per heavy atom. The third-order valence-corrected chi connectivity index (χ3v) is 7.35. The minimum absolute atomic E-state index is 0.210. The number of nitrogens with two attached hydrogens (primary N) is 1. The van der Waals surface area contributed by atoms with E-state index < -0.39 is 20.0 Å². The molecule has 0 radical (unpaired) electrons. The first-order valence-electron chi connectivity index (χ1n) is 8.59. The molecule has 8 nitrogen and oxygen atoms in total. The van der Waals surface area contributed by atoms with Gasteiger partial charge in [0, 0.05) is 5.69 Å². The largest absolute Gasteiger partial charge is 0.331 e. The highest BCUT2D eigenvalue weighted by Crippen LogP contribution is 2.29. The lowest BCUT2D eigenvalue weighted by Gasteiger charge is -2.10. The molecule has 1 heterocycles. The Hall–Kier alpha value is -2.99. The third kappa shape index (κ3) is 4.44. The molecular weight excluding hydrogens is 444 g/mol. The molecular formula is C19H16N4O4S3. The van der Waals surface area contributed by atoms with Crippen molar-refractivity contribution in [1.82, 2.24) is 4.98 Å². The number of primary sulfonamides is 1. The van der Waals surface area contributed by atoms with Gasteiger partial charge >= 0.3 is 0 Å². The number of anilines is 3. The molecule has 3 aromatic carbocycles. The van der Waals surface area contributed by atoms with Gasteiger partial charge in [-0.25, -0.2) is 27.0 Å². The molecule has 0 spiro atoms. The second-order valence-corrected chi connectivity index (χ2v) is 10.6. The number of hydrogen-bond acceptors (Lipinski definition) is 7. The van der Waals surface area contributed by atoms with Crippen LogP contribution >= 0.6 is 11.3 Å². The predicted octanol–water partition coefficient (Wildman–Crippen LogP) is 3.49. The Bertz CT molecular complexity index is 1410. The lowest BCUT2D eigenvalue weighted by molar-refractivity contribution is 0.597. The van der Waals surface area contributed by atoms with Crippen LogP contribution in [0.2, 0.25) is 0 Å². The van der Waals surface area contributed by atoms with E-state index in [1.807, 2.05) is 24.3 Å². The van der Waals surface area contributed by atoms with E-state index >= 15 is 0 Å². The molecule has 0 amide bonds. The van der Waals surface area contributed by atoms with Crippen LogP contribution in [0.15, 0.2) is 82.6 Å². The molecule has 0 aliphatic heterocycles. The molecule has 11 heteroatoms. The lowest BCUT2D eigenvalue weighted by atomic mass is 10.3. The Morgan fingerprint density at radius 2 is 1.50 bits per heavy atom. The summed E-state index contributed by atoms with van der Waals surface area (Å²) in [6.45, 7) is 0. The number of fused-ring (bicyclic) bond motifs is 1. The molecule has 0 bridgehead atoms. The first-order chi connectivity index (χ1) is 14.2. The number of rotatable bonds is 6. The Morgan fingerprint density at radius 3 is 2.27 bits per heavy atom. The number of benzene rings is 3. The summed E-state index contributed by atoms with van der Waals surface area (Å²) in [5.41, 5.74) is 1.83. The Kier molecular flexibility index (Phi) is 5.20. The molecule has 0 aliphatic carbocycles. The summed E-state index contributed by atoms with van der Waals surface area (Å²) in [4.78, 5) is 4.00. The van der Waals surface area contributed by atoms with Crippen molar-refractivity contribution >= 4 is 58.1 Å². The highest BCUT2D eigenvalue weighted by molar-refractivity contribution is 7.93. The van der Waals surface area contributed by atoms with Gasteiger partial charge in [0.25, 0.3) is 10.0 Å². The second-order valence-electron chi connectivity index (χ2n) is 6.32. The molecule has 0 saturated heterocycles. The van der Waals surface area contributed by atoms with Crippen molar-refractivity contribution < 1.29 is 16.8 Å². The van der Waals surface area contributed by atoms with E-state index in [0.717, 1.165) is 16.3 Å². The zero-order valence-electron chi connectivity index (χ0n) is 15.3. The van der Waals surface area contributed by atoms with Gasteiger partial charge in [0.15, 0.2) is 5.13 Å². The SMILES string of the molecule is NS(=O)(=O)c1cccc(S(=O)(=O)Nc2cccc(Nc3nc4ccccc4s3)c2)c1. The van der Waals surface area contributed by atoms with Crippen LogP contribution in [0.3, 0.4) is 0 Å². The highest BCUT2D eigenvalue weighted by Gasteiger charge is 2.18. The number of nitrogens with zero attached hydrogens (tertiary/aromatic N) is 1. The van der Waals surface area contributed by atoms with Crippen LogP contribution in [-0.2, 0) is 20.0 Å². The second kappa shape index (κ2) is 7.69. The summed E-state index contributed by atoms with van der Waals surface area (Å²) in [5.74, 6) is 0. The fourth-order valence-electron chi connectivity index (χ4n) is 2.74. The molecule has 0 saturated carbocycles. The van der Waals surface area contributed by atoms with Crippen LogP contribution in [0.4, 0.5) is 16.5 Å². The van der Waals surface area contributed by atoms with Gasteiger partial charge < -0.3 is 5.32 Å². The van der Waals surface area contributed by atoms with Crippen molar-refractivity contribution in [3.05, 3.63) is 72.8 Å². The average molecular weight is 461 g/mol. The van der Waals surface area contributed by atoms with Gasteiger partial charge in [0.05, 0.1) is 25.7 Å². The maximum absolute atomic E-state index is 12.7. The lowest BCUT2D eigenvalue weighted by Crippen LogP contribution is -2.16. The summed E-state index contributed by atoms with van der Waals surface area (Å²) < 4.78 is 51.9. The van der Waals surface area contributed by atoms with Crippen molar-refractivity contribution in [2.75, 3.05) is 10.0 Å². The summed E-state index contributed by atoms with van der Waals surface area (Å²) in [6, 6.07) is 19.3. The third-order valence-electron chi connectivity index (χ3n) is 4.10. The van der Waals surface area contributed by atoms with E-state index in [9.17, 15) is 16.8 Å². The van der Waals surface area contributed by atoms with Gasteiger partial charge in [-0.1, -0.05) is 35.6 Å². The first kappa shape index (κ1) is 20.3. The molecule has 4 N–H and O–H groups in total. The van der Waals surface area contributed by atoms with Gasteiger partial charge in [-0.15, -0.1) is 0 Å². The molecule has 1 aromatic heterocycles. The number of thiazole rings is 1. The number of sulfonamides is 2. The van der Waals surface area contributed by atoms with Crippen molar-refractivity contribution in [2.45, 2.75) is 9.79 Å².